The van der Waals surface area contributed by atoms with E-state index in [4.69, 9.17) is 0 Å². The van der Waals surface area contributed by atoms with Crippen LogP contribution in [0, 0.1) is 0 Å². The van der Waals surface area contributed by atoms with Crippen molar-refractivity contribution >= 4 is 5.91 Å². The number of benzene rings is 2. The lowest BCUT2D eigenvalue weighted by Gasteiger charge is -2.27. The van der Waals surface area contributed by atoms with E-state index in [2.05, 4.69) is 10.2 Å². The first-order valence-electron chi connectivity index (χ1n) is 8.80. The lowest BCUT2D eigenvalue weighted by Crippen LogP contribution is -2.48. The van der Waals surface area contributed by atoms with Crippen molar-refractivity contribution in [3.8, 4) is 11.5 Å². The molecule has 0 bridgehead atoms. The minimum atomic E-state index is -0.620. The van der Waals surface area contributed by atoms with E-state index in [0.29, 0.717) is 25.1 Å². The summed E-state index contributed by atoms with van der Waals surface area (Å²) in [6.45, 7) is 1.85. The molecule has 0 aliphatic carbocycles. The van der Waals surface area contributed by atoms with Crippen molar-refractivity contribution in [1.29, 1.82) is 0 Å². The molecule has 1 heterocycles. The summed E-state index contributed by atoms with van der Waals surface area (Å²) in [6, 6.07) is 12.8. The number of amides is 1. The van der Waals surface area contributed by atoms with Gasteiger partial charge in [-0.1, -0.05) is 18.2 Å². The minimum Gasteiger partial charge on any atom is -0.508 e. The van der Waals surface area contributed by atoms with Gasteiger partial charge in [0.05, 0.1) is 12.1 Å². The highest BCUT2D eigenvalue weighted by Gasteiger charge is 2.27. The Hall–Kier alpha value is -2.57. The molecule has 4 N–H and O–H groups in total. The molecule has 2 aromatic rings. The molecule has 0 spiro atoms. The molecule has 2 unspecified atom stereocenters. The van der Waals surface area contributed by atoms with Crippen LogP contribution in [0.1, 0.15) is 28.8 Å². The number of nitrogens with zero attached hydrogens (tertiary/aromatic N) is 1. The van der Waals surface area contributed by atoms with Gasteiger partial charge in [0.1, 0.15) is 11.5 Å². The van der Waals surface area contributed by atoms with E-state index in [0.717, 1.165) is 18.5 Å². The fourth-order valence-electron chi connectivity index (χ4n) is 3.25. The fourth-order valence-corrected chi connectivity index (χ4v) is 3.25. The molecule has 2 atom stereocenters. The van der Waals surface area contributed by atoms with Crippen LogP contribution in [0.5, 0.6) is 11.5 Å². The standard InChI is InChI=1S/C20H24N2O4/c23-16-9-7-14(8-10-16)20(26)21-17-13-22(11-3-6-19(17)25)12-15-4-1-2-5-18(15)24/h1-2,4-5,7-10,17,19,23-25H,3,6,11-13H2,(H,21,26). The second kappa shape index (κ2) is 8.21. The van der Waals surface area contributed by atoms with Gasteiger partial charge in [0, 0.05) is 24.2 Å². The number of aliphatic hydroxyl groups is 1. The van der Waals surface area contributed by atoms with Crippen LogP contribution in [0.15, 0.2) is 48.5 Å². The highest BCUT2D eigenvalue weighted by molar-refractivity contribution is 5.94. The van der Waals surface area contributed by atoms with Crippen molar-refractivity contribution in [2.45, 2.75) is 31.5 Å². The maximum Gasteiger partial charge on any atom is 0.251 e. The number of aromatic hydroxyl groups is 2. The topological polar surface area (TPSA) is 93.0 Å². The first-order valence-corrected chi connectivity index (χ1v) is 8.80. The molecule has 0 saturated carbocycles. The molecule has 6 nitrogen and oxygen atoms in total. The van der Waals surface area contributed by atoms with Crippen LogP contribution in [0.3, 0.4) is 0 Å². The Balaban J connectivity index is 1.68. The zero-order chi connectivity index (χ0) is 18.5. The molecule has 1 aliphatic rings. The van der Waals surface area contributed by atoms with Crippen LogP contribution in [0.2, 0.25) is 0 Å². The number of nitrogens with one attached hydrogen (secondary N) is 1. The summed E-state index contributed by atoms with van der Waals surface area (Å²) in [4.78, 5) is 14.6. The van der Waals surface area contributed by atoms with E-state index >= 15 is 0 Å². The maximum atomic E-state index is 12.4. The summed E-state index contributed by atoms with van der Waals surface area (Å²) in [5, 5.41) is 32.6. The Kier molecular flexibility index (Phi) is 5.75. The lowest BCUT2D eigenvalue weighted by molar-refractivity contribution is 0.0797. The number of hydrogen-bond acceptors (Lipinski definition) is 5. The summed E-state index contributed by atoms with van der Waals surface area (Å²) >= 11 is 0. The van der Waals surface area contributed by atoms with Crippen molar-refractivity contribution in [3.05, 3.63) is 59.7 Å². The van der Waals surface area contributed by atoms with E-state index in [9.17, 15) is 20.1 Å². The number of rotatable bonds is 4. The Morgan fingerprint density at radius 1 is 1.12 bits per heavy atom. The Labute approximate surface area is 152 Å². The number of carbonyl (C=O) groups is 1. The molecule has 1 aliphatic heterocycles. The molecule has 1 fully saturated rings. The number of phenolic OH excluding ortho intramolecular Hbond substituents is 2. The molecule has 1 saturated heterocycles. The molecule has 0 radical (unpaired) electrons. The van der Waals surface area contributed by atoms with Gasteiger partial charge >= 0.3 is 0 Å². The van der Waals surface area contributed by atoms with Gasteiger partial charge < -0.3 is 20.6 Å². The average Bonchev–Trinajstić information content (AvgIpc) is 2.79. The fraction of sp³-hybridized carbons (Fsp3) is 0.350. The highest BCUT2D eigenvalue weighted by Crippen LogP contribution is 2.21. The van der Waals surface area contributed by atoms with E-state index in [1.54, 1.807) is 24.3 Å². The van der Waals surface area contributed by atoms with Crippen molar-refractivity contribution in [2.75, 3.05) is 13.1 Å². The van der Waals surface area contributed by atoms with Crippen molar-refractivity contribution < 1.29 is 20.1 Å². The van der Waals surface area contributed by atoms with Gasteiger partial charge in [-0.3, -0.25) is 9.69 Å². The normalized spacial score (nSPS) is 21.1. The molecule has 6 heteroatoms. The highest BCUT2D eigenvalue weighted by atomic mass is 16.3. The van der Waals surface area contributed by atoms with Crippen LogP contribution in [0.25, 0.3) is 0 Å². The number of carbonyl (C=O) groups excluding carboxylic acids is 1. The molecule has 0 aromatic heterocycles. The van der Waals surface area contributed by atoms with Crippen LogP contribution in [-0.2, 0) is 6.54 Å². The third-order valence-electron chi connectivity index (χ3n) is 4.73. The monoisotopic (exact) mass is 356 g/mol. The molecule has 138 valence electrons. The van der Waals surface area contributed by atoms with E-state index < -0.39 is 12.1 Å². The minimum absolute atomic E-state index is 0.102. The quantitative estimate of drug-likeness (QED) is 0.671. The first-order chi connectivity index (χ1) is 12.5. The zero-order valence-corrected chi connectivity index (χ0v) is 14.5. The third-order valence-corrected chi connectivity index (χ3v) is 4.73. The number of hydrogen-bond donors (Lipinski definition) is 4. The number of aliphatic hydroxyl groups excluding tert-OH is 1. The number of likely N-dealkylation sites (tertiary alicyclic amines) is 1. The van der Waals surface area contributed by atoms with Crippen molar-refractivity contribution in [3.63, 3.8) is 0 Å². The van der Waals surface area contributed by atoms with Gasteiger partial charge in [0.2, 0.25) is 0 Å². The van der Waals surface area contributed by atoms with E-state index in [1.807, 2.05) is 12.1 Å². The van der Waals surface area contributed by atoms with E-state index in [-0.39, 0.29) is 17.4 Å². The lowest BCUT2D eigenvalue weighted by atomic mass is 10.1. The van der Waals surface area contributed by atoms with Gasteiger partial charge in [-0.2, -0.15) is 0 Å². The zero-order valence-electron chi connectivity index (χ0n) is 14.5. The largest absolute Gasteiger partial charge is 0.508 e. The Morgan fingerprint density at radius 3 is 2.58 bits per heavy atom. The van der Waals surface area contributed by atoms with Crippen LogP contribution in [-0.4, -0.2) is 51.4 Å². The summed E-state index contributed by atoms with van der Waals surface area (Å²) in [5.41, 5.74) is 1.26. The predicted molar refractivity (Wildman–Crippen MR) is 98.0 cm³/mol. The van der Waals surface area contributed by atoms with Crippen LogP contribution >= 0.6 is 0 Å². The number of para-hydroxylation sites is 1. The average molecular weight is 356 g/mol. The summed E-state index contributed by atoms with van der Waals surface area (Å²) in [7, 11) is 0. The summed E-state index contributed by atoms with van der Waals surface area (Å²) in [5.74, 6) is 0.0744. The molecule has 2 aromatic carbocycles. The van der Waals surface area contributed by atoms with Gasteiger partial charge in [-0.15, -0.1) is 0 Å². The van der Waals surface area contributed by atoms with Crippen LogP contribution in [0.4, 0.5) is 0 Å². The first kappa shape index (κ1) is 18.2. The van der Waals surface area contributed by atoms with Gasteiger partial charge in [-0.25, -0.2) is 0 Å². The molecule has 26 heavy (non-hydrogen) atoms. The van der Waals surface area contributed by atoms with Crippen molar-refractivity contribution in [2.24, 2.45) is 0 Å². The second-order valence-electron chi connectivity index (χ2n) is 6.70. The second-order valence-corrected chi connectivity index (χ2v) is 6.70. The molecule has 3 rings (SSSR count). The van der Waals surface area contributed by atoms with Crippen molar-refractivity contribution in [1.82, 2.24) is 10.2 Å². The molecular formula is C20H24N2O4. The Morgan fingerprint density at radius 2 is 1.85 bits per heavy atom. The Bertz CT molecular complexity index is 748. The smallest absolute Gasteiger partial charge is 0.251 e. The SMILES string of the molecule is O=C(NC1CN(Cc2ccccc2O)CCCC1O)c1ccc(O)cc1. The molecule has 1 amide bonds. The van der Waals surface area contributed by atoms with Crippen LogP contribution < -0.4 is 5.32 Å². The van der Waals surface area contributed by atoms with Gasteiger partial charge in [0.25, 0.3) is 5.91 Å². The predicted octanol–water partition coefficient (Wildman–Crippen LogP) is 1.85. The van der Waals surface area contributed by atoms with E-state index in [1.165, 1.54) is 12.1 Å². The third kappa shape index (κ3) is 4.53. The van der Waals surface area contributed by atoms with Gasteiger partial charge in [0.15, 0.2) is 0 Å². The van der Waals surface area contributed by atoms with Gasteiger partial charge in [-0.05, 0) is 49.7 Å². The summed E-state index contributed by atoms with van der Waals surface area (Å²) < 4.78 is 0. The number of phenols is 2. The maximum absolute atomic E-state index is 12.4. The molecular weight excluding hydrogens is 332 g/mol. The summed E-state index contributed by atoms with van der Waals surface area (Å²) in [6.07, 6.45) is 0.809.